The fourth-order valence-corrected chi connectivity index (χ4v) is 1.20. The van der Waals surface area contributed by atoms with Crippen LogP contribution in [0.25, 0.3) is 11.5 Å². The number of anilines is 2. The molecule has 2 aromatic heterocycles. The molecule has 7 heteroatoms. The van der Waals surface area contributed by atoms with Crippen LogP contribution in [0.3, 0.4) is 0 Å². The van der Waals surface area contributed by atoms with Gasteiger partial charge in [0, 0.05) is 5.92 Å². The molecule has 2 aromatic rings. The third-order valence-corrected chi connectivity index (χ3v) is 2.08. The second kappa shape index (κ2) is 3.76. The van der Waals surface area contributed by atoms with Crippen molar-refractivity contribution < 1.29 is 4.52 Å². The Morgan fingerprint density at radius 3 is 2.31 bits per heavy atom. The molecule has 0 aliphatic heterocycles. The van der Waals surface area contributed by atoms with Gasteiger partial charge in [-0.25, -0.2) is 9.97 Å². The summed E-state index contributed by atoms with van der Waals surface area (Å²) in [5.41, 5.74) is 11.8. The molecule has 84 valence electrons. The first-order valence-corrected chi connectivity index (χ1v) is 4.79. The van der Waals surface area contributed by atoms with E-state index >= 15 is 0 Å². The predicted molar refractivity (Wildman–Crippen MR) is 58.2 cm³/mol. The van der Waals surface area contributed by atoms with Gasteiger partial charge in [-0.2, -0.15) is 4.98 Å². The maximum absolute atomic E-state index is 5.68. The van der Waals surface area contributed by atoms with E-state index in [1.807, 2.05) is 13.8 Å². The van der Waals surface area contributed by atoms with Crippen molar-refractivity contribution >= 4 is 11.6 Å². The van der Waals surface area contributed by atoms with Crippen molar-refractivity contribution in [2.45, 2.75) is 19.8 Å². The van der Waals surface area contributed by atoms with Gasteiger partial charge in [0.25, 0.3) is 5.89 Å². The smallest absolute Gasteiger partial charge is 0.265 e. The van der Waals surface area contributed by atoms with E-state index in [2.05, 4.69) is 20.1 Å². The van der Waals surface area contributed by atoms with Crippen molar-refractivity contribution in [1.82, 2.24) is 20.1 Å². The highest BCUT2D eigenvalue weighted by Crippen LogP contribution is 2.27. The van der Waals surface area contributed by atoms with Crippen LogP contribution in [-0.4, -0.2) is 20.1 Å². The first-order chi connectivity index (χ1) is 7.59. The zero-order valence-corrected chi connectivity index (χ0v) is 9.01. The Morgan fingerprint density at radius 1 is 1.19 bits per heavy atom. The van der Waals surface area contributed by atoms with E-state index in [4.69, 9.17) is 16.0 Å². The lowest BCUT2D eigenvalue weighted by Gasteiger charge is -2.01. The van der Waals surface area contributed by atoms with Gasteiger partial charge in [0.2, 0.25) is 0 Å². The lowest BCUT2D eigenvalue weighted by molar-refractivity contribution is 0.419. The molecule has 0 amide bonds. The first-order valence-electron chi connectivity index (χ1n) is 4.79. The summed E-state index contributed by atoms with van der Waals surface area (Å²) in [5, 5.41) is 3.82. The number of nitrogens with two attached hydrogens (primary N) is 2. The van der Waals surface area contributed by atoms with Crippen molar-refractivity contribution in [1.29, 1.82) is 0 Å². The van der Waals surface area contributed by atoms with Gasteiger partial charge < -0.3 is 16.0 Å². The molecule has 7 nitrogen and oxygen atoms in total. The lowest BCUT2D eigenvalue weighted by Crippen LogP contribution is -2.01. The van der Waals surface area contributed by atoms with Crippen molar-refractivity contribution in [3.8, 4) is 11.5 Å². The molecular formula is C9H12N6O. The summed E-state index contributed by atoms with van der Waals surface area (Å²) in [5.74, 6) is 1.47. The van der Waals surface area contributed by atoms with Crippen LogP contribution in [0.15, 0.2) is 10.9 Å². The number of nitrogen functional groups attached to an aromatic ring is 2. The van der Waals surface area contributed by atoms with Crippen LogP contribution >= 0.6 is 0 Å². The van der Waals surface area contributed by atoms with Gasteiger partial charge in [0.1, 0.15) is 23.5 Å². The molecule has 0 aromatic carbocycles. The van der Waals surface area contributed by atoms with Crippen LogP contribution in [0.1, 0.15) is 25.6 Å². The summed E-state index contributed by atoms with van der Waals surface area (Å²) >= 11 is 0. The summed E-state index contributed by atoms with van der Waals surface area (Å²) in [7, 11) is 0. The van der Waals surface area contributed by atoms with Crippen LogP contribution < -0.4 is 11.5 Å². The molecule has 2 rings (SSSR count). The van der Waals surface area contributed by atoms with Crippen LogP contribution in [0.2, 0.25) is 0 Å². The van der Waals surface area contributed by atoms with E-state index in [1.165, 1.54) is 6.33 Å². The molecule has 0 saturated carbocycles. The fourth-order valence-electron chi connectivity index (χ4n) is 1.20. The Morgan fingerprint density at radius 2 is 1.81 bits per heavy atom. The molecule has 0 bridgehead atoms. The molecule has 0 spiro atoms. The van der Waals surface area contributed by atoms with Crippen molar-refractivity contribution in [3.63, 3.8) is 0 Å². The molecule has 0 saturated heterocycles. The number of nitrogens with zero attached hydrogens (tertiary/aromatic N) is 4. The van der Waals surface area contributed by atoms with E-state index in [-0.39, 0.29) is 23.4 Å². The summed E-state index contributed by atoms with van der Waals surface area (Å²) in [6.45, 7) is 3.92. The van der Waals surface area contributed by atoms with Gasteiger partial charge in [0.05, 0.1) is 0 Å². The van der Waals surface area contributed by atoms with Crippen molar-refractivity contribution in [3.05, 3.63) is 12.2 Å². The normalized spacial score (nSPS) is 10.9. The SMILES string of the molecule is CC(C)c1noc(-c2c(N)ncnc2N)n1. The Balaban J connectivity index is 2.50. The molecule has 2 heterocycles. The summed E-state index contributed by atoms with van der Waals surface area (Å²) < 4.78 is 5.07. The summed E-state index contributed by atoms with van der Waals surface area (Å²) in [6.07, 6.45) is 1.29. The maximum atomic E-state index is 5.68. The van der Waals surface area contributed by atoms with E-state index < -0.39 is 0 Å². The number of hydrogen-bond donors (Lipinski definition) is 2. The molecule has 0 atom stereocenters. The second-order valence-electron chi connectivity index (χ2n) is 3.63. The molecule has 0 aliphatic rings. The predicted octanol–water partition coefficient (Wildman–Crippen LogP) is 0.814. The second-order valence-corrected chi connectivity index (χ2v) is 3.63. The first kappa shape index (κ1) is 10.3. The highest BCUT2D eigenvalue weighted by molar-refractivity contribution is 5.76. The third-order valence-electron chi connectivity index (χ3n) is 2.08. The fraction of sp³-hybridized carbons (Fsp3) is 0.333. The number of hydrogen-bond acceptors (Lipinski definition) is 7. The Labute approximate surface area is 91.9 Å². The van der Waals surface area contributed by atoms with Crippen molar-refractivity contribution in [2.75, 3.05) is 11.5 Å². The van der Waals surface area contributed by atoms with Gasteiger partial charge >= 0.3 is 0 Å². The van der Waals surface area contributed by atoms with Crippen LogP contribution in [-0.2, 0) is 0 Å². The monoisotopic (exact) mass is 220 g/mol. The zero-order valence-electron chi connectivity index (χ0n) is 9.01. The zero-order chi connectivity index (χ0) is 11.7. The van der Waals surface area contributed by atoms with Crippen LogP contribution in [0.4, 0.5) is 11.6 Å². The highest BCUT2D eigenvalue weighted by Gasteiger charge is 2.17. The molecule has 16 heavy (non-hydrogen) atoms. The quantitative estimate of drug-likeness (QED) is 0.769. The average Bonchev–Trinajstić information content (AvgIpc) is 2.66. The third kappa shape index (κ3) is 1.67. The van der Waals surface area contributed by atoms with E-state index in [1.54, 1.807) is 0 Å². The molecule has 4 N–H and O–H groups in total. The number of rotatable bonds is 2. The highest BCUT2D eigenvalue weighted by atomic mass is 16.5. The maximum Gasteiger partial charge on any atom is 0.265 e. The van der Waals surface area contributed by atoms with E-state index in [0.29, 0.717) is 11.4 Å². The van der Waals surface area contributed by atoms with Gasteiger partial charge in [0.15, 0.2) is 5.82 Å². The summed E-state index contributed by atoms with van der Waals surface area (Å²) in [4.78, 5) is 11.8. The van der Waals surface area contributed by atoms with Gasteiger partial charge in [-0.3, -0.25) is 0 Å². The van der Waals surface area contributed by atoms with E-state index in [0.717, 1.165) is 0 Å². The van der Waals surface area contributed by atoms with Crippen molar-refractivity contribution in [2.24, 2.45) is 0 Å². The minimum Gasteiger partial charge on any atom is -0.383 e. The Kier molecular flexibility index (Phi) is 2.43. The molecule has 0 unspecified atom stereocenters. The molecule has 0 radical (unpaired) electrons. The van der Waals surface area contributed by atoms with Gasteiger partial charge in [-0.15, -0.1) is 0 Å². The van der Waals surface area contributed by atoms with Crippen LogP contribution in [0.5, 0.6) is 0 Å². The number of aromatic nitrogens is 4. The molecular weight excluding hydrogens is 208 g/mol. The average molecular weight is 220 g/mol. The molecule has 0 fully saturated rings. The van der Waals surface area contributed by atoms with Gasteiger partial charge in [-0.1, -0.05) is 19.0 Å². The largest absolute Gasteiger partial charge is 0.383 e. The molecule has 0 aliphatic carbocycles. The Hall–Kier alpha value is -2.18. The minimum atomic E-state index is 0.171. The van der Waals surface area contributed by atoms with Gasteiger partial charge in [-0.05, 0) is 0 Å². The Bertz CT molecular complexity index is 486. The van der Waals surface area contributed by atoms with Crippen LogP contribution in [0, 0.1) is 0 Å². The minimum absolute atomic E-state index is 0.171. The lowest BCUT2D eigenvalue weighted by atomic mass is 10.2. The topological polar surface area (TPSA) is 117 Å². The van der Waals surface area contributed by atoms with E-state index in [9.17, 15) is 0 Å². The standard InChI is InChI=1S/C9H12N6O/c1-4(2)8-14-9(16-15-8)5-6(10)12-3-13-7(5)11/h3-4H,1-2H3,(H4,10,11,12,13). The summed E-state index contributed by atoms with van der Waals surface area (Å²) in [6, 6.07) is 0.